The van der Waals surface area contributed by atoms with Crippen LogP contribution in [-0.4, -0.2) is 194 Å². The molecule has 7 N–H and O–H groups in total. The topological polar surface area (TPSA) is 215 Å². The van der Waals surface area contributed by atoms with E-state index in [0.29, 0.717) is 99.5 Å². The third-order valence-electron chi connectivity index (χ3n) is 24.3. The van der Waals surface area contributed by atoms with E-state index in [1.807, 2.05) is 20.8 Å². The van der Waals surface area contributed by atoms with Crippen molar-refractivity contribution in [1.29, 1.82) is 0 Å². The highest BCUT2D eigenvalue weighted by Crippen LogP contribution is 2.52. The van der Waals surface area contributed by atoms with Gasteiger partial charge in [0.25, 0.3) is 0 Å². The number of aliphatic hydroxyl groups excluding tert-OH is 2. The molecular weight excluding hydrogens is 1280 g/mol. The molecule has 8 radical (unpaired) electrons. The Balaban J connectivity index is 0.000000581. The van der Waals surface area contributed by atoms with Crippen LogP contribution in [0.5, 0.6) is 0 Å². The van der Waals surface area contributed by atoms with Crippen LogP contribution in [0.25, 0.3) is 0 Å². The molecule has 15 nitrogen and oxygen atoms in total. The highest BCUT2D eigenvalue weighted by atomic mass is 16.6. The van der Waals surface area contributed by atoms with Gasteiger partial charge in [-0.25, -0.2) is 0 Å². The van der Waals surface area contributed by atoms with E-state index in [2.05, 4.69) is 141 Å². The molecule has 8 aliphatic heterocycles. The Kier molecular flexibility index (Phi) is 44.5. The lowest BCUT2D eigenvalue weighted by atomic mass is 9.41. The molecule has 0 aromatic heterocycles. The van der Waals surface area contributed by atoms with Crippen molar-refractivity contribution in [1.82, 2.24) is 0 Å². The predicted octanol–water partition coefficient (Wildman–Crippen LogP) is 17.4. The first kappa shape index (κ1) is 99.9. The van der Waals surface area contributed by atoms with Gasteiger partial charge in [-0.15, -0.1) is 0 Å². The maximum atomic E-state index is 10.2. The summed E-state index contributed by atoms with van der Waals surface area (Å²) in [6.45, 7) is 43.3. The van der Waals surface area contributed by atoms with Gasteiger partial charge in [0.15, 0.2) is 41.5 Å². The largest absolute Gasteiger partial charge is 0.376 e. The molecule has 12 fully saturated rings. The van der Waals surface area contributed by atoms with Gasteiger partial charge in [-0.1, -0.05) is 252 Å². The van der Waals surface area contributed by atoms with E-state index in [4.69, 9.17) is 37.9 Å². The maximum absolute atomic E-state index is 10.2. The monoisotopic (exact) mass is 1440 g/mol. The van der Waals surface area contributed by atoms with Crippen LogP contribution in [0.15, 0.2) is 0 Å². The van der Waals surface area contributed by atoms with Crippen molar-refractivity contribution in [2.24, 2.45) is 23.7 Å². The molecule has 18 unspecified atom stereocenters. The Morgan fingerprint density at radius 1 is 0.373 bits per heavy atom. The van der Waals surface area contributed by atoms with Gasteiger partial charge in [-0.3, -0.25) is 0 Å². The first-order valence-electron chi connectivity index (χ1n) is 39.5. The lowest BCUT2D eigenvalue weighted by Crippen LogP contribution is -2.41. The van der Waals surface area contributed by atoms with Gasteiger partial charge in [-0.05, 0) is 142 Å². The highest BCUT2D eigenvalue weighted by Gasteiger charge is 2.48. The molecule has 18 atom stereocenters. The number of aliphatic hydroxyl groups is 7. The molecule has 0 amide bonds. The van der Waals surface area contributed by atoms with E-state index in [1.54, 1.807) is 20.8 Å². The normalized spacial score (nSPS) is 39.8. The van der Waals surface area contributed by atoms with Crippen LogP contribution in [0, 0.1) is 23.7 Å². The van der Waals surface area contributed by atoms with Crippen molar-refractivity contribution in [3.63, 3.8) is 0 Å². The second-order valence-corrected chi connectivity index (χ2v) is 35.3. The highest BCUT2D eigenvalue weighted by molar-refractivity contribution is 6.43. The molecular formula is C79H158B8O15. The molecule has 4 saturated carbocycles. The molecule has 0 aromatic carbocycles. The second-order valence-electron chi connectivity index (χ2n) is 35.3. The van der Waals surface area contributed by atoms with Gasteiger partial charge >= 0.3 is 0 Å². The van der Waals surface area contributed by atoms with Crippen molar-refractivity contribution >= 4 is 58.2 Å². The van der Waals surface area contributed by atoms with Gasteiger partial charge in [0.1, 0.15) is 58.2 Å². The van der Waals surface area contributed by atoms with Crippen LogP contribution < -0.4 is 0 Å². The SMILES string of the molecule is C.C.C.C.CC1C[B]C(C)(C)C(C)(C)OC1.CC1C[B]C(C)C(C)(O)OC1.CC1C[B]C2(CCCCC2)C(O)OC1.CC1C[B]CC(C)(O)OC1.CC1[B]C(C)(C)C(C)(O)OCC1.CC1[B]C2(CCCCC2)C(O)OCC1.CC1[B]C2CCCC2(O)OCC1.CC1[B]C2CCCCC2(O)OCC1. The summed E-state index contributed by atoms with van der Waals surface area (Å²) in [6, 6.07) is 0. The van der Waals surface area contributed by atoms with Crippen LogP contribution in [0.2, 0.25) is 93.6 Å². The third kappa shape index (κ3) is 32.0. The Labute approximate surface area is 635 Å². The zero-order valence-electron chi connectivity index (χ0n) is 65.6. The molecule has 23 heteroatoms. The van der Waals surface area contributed by atoms with Crippen molar-refractivity contribution < 1.29 is 73.6 Å². The maximum Gasteiger partial charge on any atom is 0.161 e. The molecule has 2 spiro atoms. The zero-order valence-corrected chi connectivity index (χ0v) is 65.6. The number of ether oxygens (including phenoxy) is 8. The Morgan fingerprint density at radius 3 is 1.40 bits per heavy atom. The summed E-state index contributed by atoms with van der Waals surface area (Å²) in [7, 11) is 18.1. The quantitative estimate of drug-likeness (QED) is 0.112. The standard InChI is InChI=1S/2C11H20BO2.C10H18BO2.C10H20BO.C9H16BO2.C9H18BO2.C8H16BO2.C7H14BO2.4CH4/c1-9-5-8-14-10(13)11(12-9)6-3-2-4-7-11;1-9-7-12-11(10(13)14-8-9)5-3-2-4-6-11;1-8-5-7-13-10(12)6-3-2-4-9(10)11-8;1-8-6-11-9(2,3)10(4,5)12-7-8;1-7-4-6-12-9(11)5-2-3-8(9)10-7;1-7-5-6-12-9(4,11)8(2,3)10-7;1-6-4-9-7(2)8(3,10)11-5-6;1-6-3-8-5-7(2,9)10-4-6;;;;/h2*9-10,13H,2-8H2,1H3;8-9,12H,2-7H2,1H3;8H,6-7H2,1-5H3;7-8,11H,2-6H2,1H3;7,11H,5-6H2,1-4H3;6-7,10H,4-5H2,1-3H3;6,9H,3-5H2,1-2H3;4*1H4. The molecule has 102 heavy (non-hydrogen) atoms. The summed E-state index contributed by atoms with van der Waals surface area (Å²) in [5, 5.41) is 69.3. The first-order chi connectivity index (χ1) is 45.7. The Morgan fingerprint density at radius 2 is 0.814 bits per heavy atom. The minimum absolute atomic E-state index is 0. The minimum Gasteiger partial charge on any atom is -0.376 e. The molecule has 12 rings (SSSR count). The fourth-order valence-corrected chi connectivity index (χ4v) is 15.6. The molecule has 12 aliphatic rings. The van der Waals surface area contributed by atoms with Crippen LogP contribution in [0.4, 0.5) is 0 Å². The summed E-state index contributed by atoms with van der Waals surface area (Å²) in [5.41, 5.74) is -0.0161. The van der Waals surface area contributed by atoms with Crippen molar-refractivity contribution in [2.45, 2.75) is 430 Å². The fourth-order valence-electron chi connectivity index (χ4n) is 15.6. The smallest absolute Gasteiger partial charge is 0.161 e. The molecule has 4 aliphatic carbocycles. The Bertz CT molecular complexity index is 2190. The molecule has 0 bridgehead atoms. The summed E-state index contributed by atoms with van der Waals surface area (Å²) < 4.78 is 44.0. The van der Waals surface area contributed by atoms with Crippen molar-refractivity contribution in [2.75, 3.05) is 52.9 Å². The van der Waals surface area contributed by atoms with Crippen molar-refractivity contribution in [3.05, 3.63) is 0 Å². The van der Waals surface area contributed by atoms with E-state index in [9.17, 15) is 35.7 Å². The summed E-state index contributed by atoms with van der Waals surface area (Å²) >= 11 is 0. The van der Waals surface area contributed by atoms with Crippen LogP contribution >= 0.6 is 0 Å². The van der Waals surface area contributed by atoms with E-state index in [0.717, 1.165) is 115 Å². The summed E-state index contributed by atoms with van der Waals surface area (Å²) in [6.07, 6.45) is 27.4. The minimum atomic E-state index is -1.02. The third-order valence-corrected chi connectivity index (χ3v) is 24.3. The van der Waals surface area contributed by atoms with Gasteiger partial charge in [-0.2, -0.15) is 0 Å². The van der Waals surface area contributed by atoms with Crippen molar-refractivity contribution in [3.8, 4) is 0 Å². The molecule has 8 saturated heterocycles. The number of hydrogen-bond donors (Lipinski definition) is 7. The summed E-state index contributed by atoms with van der Waals surface area (Å²) in [4.78, 5) is 0. The van der Waals surface area contributed by atoms with Crippen LogP contribution in [0.3, 0.4) is 0 Å². The lowest BCUT2D eigenvalue weighted by molar-refractivity contribution is -0.217. The fraction of sp³-hybridized carbons (Fsp3) is 1.00. The molecule has 8 heterocycles. The number of rotatable bonds is 0. The van der Waals surface area contributed by atoms with E-state index >= 15 is 0 Å². The van der Waals surface area contributed by atoms with Gasteiger partial charge in [0.2, 0.25) is 0 Å². The number of fused-ring (bicyclic) bond motifs is 2. The molecule has 588 valence electrons. The Hall–Kier alpha value is -0.0805. The molecule has 0 aromatic rings. The van der Waals surface area contributed by atoms with Crippen LogP contribution in [0.1, 0.15) is 289 Å². The van der Waals surface area contributed by atoms with Gasteiger partial charge in [0, 0.05) is 45.9 Å². The average molecular weight is 1430 g/mol. The van der Waals surface area contributed by atoms with Gasteiger partial charge < -0.3 is 73.6 Å². The zero-order chi connectivity index (χ0) is 72.9. The first-order valence-corrected chi connectivity index (χ1v) is 39.5. The lowest BCUT2D eigenvalue weighted by Gasteiger charge is -2.40. The average Bonchev–Trinajstić information content (AvgIpc) is 1.68. The van der Waals surface area contributed by atoms with Crippen LogP contribution in [-0.2, 0) is 37.9 Å². The van der Waals surface area contributed by atoms with E-state index < -0.39 is 41.5 Å². The second kappa shape index (κ2) is 45.4. The number of hydrogen-bond acceptors (Lipinski definition) is 15. The van der Waals surface area contributed by atoms with E-state index in [-0.39, 0.29) is 74.0 Å². The predicted molar refractivity (Wildman–Crippen MR) is 434 cm³/mol. The van der Waals surface area contributed by atoms with E-state index in [1.165, 1.54) is 51.3 Å². The summed E-state index contributed by atoms with van der Waals surface area (Å²) in [5.74, 6) is 0.818. The van der Waals surface area contributed by atoms with Gasteiger partial charge in [0.05, 0.1) is 25.4 Å².